The average molecular weight is 273 g/mol. The molecule has 0 aliphatic carbocycles. The monoisotopic (exact) mass is 273 g/mol. The van der Waals surface area contributed by atoms with Crippen molar-refractivity contribution in [2.75, 3.05) is 5.32 Å². The van der Waals surface area contributed by atoms with Crippen molar-refractivity contribution in [3.05, 3.63) is 42.7 Å². The zero-order chi connectivity index (χ0) is 14.5. The molecular formula is C15H19N3O2. The van der Waals surface area contributed by atoms with Crippen molar-refractivity contribution in [1.29, 1.82) is 0 Å². The minimum absolute atomic E-state index is 0.0628. The van der Waals surface area contributed by atoms with E-state index < -0.39 is 6.10 Å². The fourth-order valence-corrected chi connectivity index (χ4v) is 1.75. The lowest BCUT2D eigenvalue weighted by Gasteiger charge is -2.13. The summed E-state index contributed by atoms with van der Waals surface area (Å²) in [6.07, 6.45) is 2.80. The van der Waals surface area contributed by atoms with Gasteiger partial charge in [-0.25, -0.2) is 4.68 Å². The smallest absolute Gasteiger partial charge is 0.227 e. The Morgan fingerprint density at radius 3 is 2.70 bits per heavy atom. The molecule has 0 aliphatic rings. The van der Waals surface area contributed by atoms with Gasteiger partial charge in [0.2, 0.25) is 5.91 Å². The first kappa shape index (κ1) is 14.3. The number of carbonyl (C=O) groups is 1. The van der Waals surface area contributed by atoms with Crippen LogP contribution in [-0.2, 0) is 4.79 Å². The van der Waals surface area contributed by atoms with Crippen LogP contribution in [0.5, 0.6) is 0 Å². The average Bonchev–Trinajstić information content (AvgIpc) is 2.88. The third kappa shape index (κ3) is 3.68. The number of anilines is 1. The zero-order valence-corrected chi connectivity index (χ0v) is 11.7. The molecule has 1 aromatic carbocycles. The molecule has 0 spiro atoms. The van der Waals surface area contributed by atoms with Crippen molar-refractivity contribution < 1.29 is 9.90 Å². The maximum Gasteiger partial charge on any atom is 0.227 e. The Morgan fingerprint density at radius 2 is 2.05 bits per heavy atom. The molecule has 0 bridgehead atoms. The Labute approximate surface area is 118 Å². The van der Waals surface area contributed by atoms with Crippen molar-refractivity contribution in [3.8, 4) is 5.69 Å². The molecule has 1 heterocycles. The molecule has 0 saturated heterocycles. The maximum absolute atomic E-state index is 11.8. The second-order valence-corrected chi connectivity index (χ2v) is 5.07. The van der Waals surface area contributed by atoms with Crippen molar-refractivity contribution in [1.82, 2.24) is 9.78 Å². The van der Waals surface area contributed by atoms with Gasteiger partial charge in [-0.1, -0.05) is 32.0 Å². The van der Waals surface area contributed by atoms with Crippen LogP contribution in [-0.4, -0.2) is 26.9 Å². The number of aliphatic hydroxyl groups is 1. The van der Waals surface area contributed by atoms with E-state index in [0.717, 1.165) is 5.69 Å². The summed E-state index contributed by atoms with van der Waals surface area (Å²) >= 11 is 0. The van der Waals surface area contributed by atoms with Gasteiger partial charge in [0, 0.05) is 0 Å². The number of aliphatic hydroxyl groups excluding tert-OH is 1. The molecule has 20 heavy (non-hydrogen) atoms. The fourth-order valence-electron chi connectivity index (χ4n) is 1.75. The Bertz CT molecular complexity index is 564. The number of rotatable bonds is 5. The van der Waals surface area contributed by atoms with E-state index >= 15 is 0 Å². The highest BCUT2D eigenvalue weighted by atomic mass is 16.3. The molecule has 1 unspecified atom stereocenters. The van der Waals surface area contributed by atoms with Crippen molar-refractivity contribution in [3.63, 3.8) is 0 Å². The summed E-state index contributed by atoms with van der Waals surface area (Å²) < 4.78 is 1.69. The minimum atomic E-state index is -0.626. The molecule has 106 valence electrons. The predicted octanol–water partition coefficient (Wildman–Crippen LogP) is 2.22. The molecule has 2 N–H and O–H groups in total. The first-order valence-electron chi connectivity index (χ1n) is 6.64. The van der Waals surface area contributed by atoms with Crippen LogP contribution in [0.3, 0.4) is 0 Å². The number of benzene rings is 1. The van der Waals surface area contributed by atoms with E-state index in [1.807, 2.05) is 44.2 Å². The summed E-state index contributed by atoms with van der Waals surface area (Å²) in [5.41, 5.74) is 1.55. The molecule has 1 aromatic heterocycles. The number of hydrogen-bond donors (Lipinski definition) is 2. The molecule has 5 heteroatoms. The van der Waals surface area contributed by atoms with Gasteiger partial charge in [-0.3, -0.25) is 4.79 Å². The third-order valence-corrected chi connectivity index (χ3v) is 3.05. The summed E-state index contributed by atoms with van der Waals surface area (Å²) in [6.45, 7) is 3.76. The molecule has 5 nitrogen and oxygen atoms in total. The van der Waals surface area contributed by atoms with Gasteiger partial charge in [-0.2, -0.15) is 5.10 Å². The minimum Gasteiger partial charge on any atom is -0.392 e. The normalized spacial score (nSPS) is 12.4. The number of nitrogens with one attached hydrogen (secondary N) is 1. The molecule has 2 rings (SSSR count). The summed E-state index contributed by atoms with van der Waals surface area (Å²) in [5, 5.41) is 16.6. The molecular weight excluding hydrogens is 254 g/mol. The largest absolute Gasteiger partial charge is 0.392 e. The topological polar surface area (TPSA) is 67.2 Å². The fraction of sp³-hybridized carbons (Fsp3) is 0.333. The Balaban J connectivity index is 1.98. The van der Waals surface area contributed by atoms with Gasteiger partial charge in [-0.05, 0) is 18.1 Å². The molecule has 0 fully saturated rings. The second kappa shape index (κ2) is 6.34. The van der Waals surface area contributed by atoms with E-state index in [-0.39, 0.29) is 18.2 Å². The van der Waals surface area contributed by atoms with Crippen LogP contribution in [0.1, 0.15) is 20.3 Å². The van der Waals surface area contributed by atoms with E-state index in [2.05, 4.69) is 10.4 Å². The van der Waals surface area contributed by atoms with Crippen LogP contribution >= 0.6 is 0 Å². The standard InChI is InChI=1S/C15H19N3O2/c1-11(2)14(19)8-15(20)17-12-9-16-18(10-12)13-6-4-3-5-7-13/h3-7,9-11,14,19H,8H2,1-2H3,(H,17,20). The van der Waals surface area contributed by atoms with E-state index in [1.165, 1.54) is 0 Å². The summed E-state index contributed by atoms with van der Waals surface area (Å²) in [5.74, 6) is -0.147. The van der Waals surface area contributed by atoms with E-state index in [4.69, 9.17) is 0 Å². The Kier molecular flexibility index (Phi) is 4.53. The summed E-state index contributed by atoms with van der Waals surface area (Å²) in [4.78, 5) is 11.8. The number of nitrogens with zero attached hydrogens (tertiary/aromatic N) is 2. The predicted molar refractivity (Wildman–Crippen MR) is 77.7 cm³/mol. The van der Waals surface area contributed by atoms with Gasteiger partial charge in [-0.15, -0.1) is 0 Å². The Morgan fingerprint density at radius 1 is 1.35 bits per heavy atom. The molecule has 1 amide bonds. The highest BCUT2D eigenvalue weighted by Gasteiger charge is 2.14. The number of carbonyl (C=O) groups excluding carboxylic acids is 1. The number of amides is 1. The van der Waals surface area contributed by atoms with Crippen LogP contribution < -0.4 is 5.32 Å². The van der Waals surface area contributed by atoms with Gasteiger partial charge < -0.3 is 10.4 Å². The third-order valence-electron chi connectivity index (χ3n) is 3.05. The Hall–Kier alpha value is -2.14. The maximum atomic E-state index is 11.8. The SMILES string of the molecule is CC(C)C(O)CC(=O)Nc1cnn(-c2ccccc2)c1. The van der Waals surface area contributed by atoms with Crippen molar-refractivity contribution in [2.24, 2.45) is 5.92 Å². The first-order chi connectivity index (χ1) is 9.56. The lowest BCUT2D eigenvalue weighted by Crippen LogP contribution is -2.23. The quantitative estimate of drug-likeness (QED) is 0.877. The van der Waals surface area contributed by atoms with Crippen molar-refractivity contribution in [2.45, 2.75) is 26.4 Å². The first-order valence-corrected chi connectivity index (χ1v) is 6.64. The van der Waals surface area contributed by atoms with Crippen LogP contribution in [0.4, 0.5) is 5.69 Å². The lowest BCUT2D eigenvalue weighted by molar-refractivity contribution is -0.118. The van der Waals surface area contributed by atoms with Crippen LogP contribution in [0.2, 0.25) is 0 Å². The molecule has 0 saturated carbocycles. The summed E-state index contributed by atoms with van der Waals surface area (Å²) in [6, 6.07) is 9.65. The van der Waals surface area contributed by atoms with E-state index in [9.17, 15) is 9.90 Å². The van der Waals surface area contributed by atoms with E-state index in [1.54, 1.807) is 17.1 Å². The van der Waals surface area contributed by atoms with Gasteiger partial charge in [0.1, 0.15) is 0 Å². The highest BCUT2D eigenvalue weighted by Crippen LogP contribution is 2.12. The number of para-hydroxylation sites is 1. The zero-order valence-electron chi connectivity index (χ0n) is 11.7. The van der Waals surface area contributed by atoms with Gasteiger partial charge in [0.25, 0.3) is 0 Å². The number of hydrogen-bond acceptors (Lipinski definition) is 3. The molecule has 0 radical (unpaired) electrons. The van der Waals surface area contributed by atoms with Gasteiger partial charge in [0.05, 0.1) is 36.3 Å². The van der Waals surface area contributed by atoms with E-state index in [0.29, 0.717) is 5.69 Å². The number of aromatic nitrogens is 2. The molecule has 2 aromatic rings. The highest BCUT2D eigenvalue weighted by molar-refractivity contribution is 5.90. The van der Waals surface area contributed by atoms with Crippen LogP contribution in [0, 0.1) is 5.92 Å². The summed E-state index contributed by atoms with van der Waals surface area (Å²) in [7, 11) is 0. The molecule has 1 atom stereocenters. The van der Waals surface area contributed by atoms with Crippen LogP contribution in [0.25, 0.3) is 5.69 Å². The second-order valence-electron chi connectivity index (χ2n) is 5.07. The lowest BCUT2D eigenvalue weighted by atomic mass is 10.0. The van der Waals surface area contributed by atoms with Gasteiger partial charge in [0.15, 0.2) is 0 Å². The van der Waals surface area contributed by atoms with Gasteiger partial charge >= 0.3 is 0 Å². The molecule has 0 aliphatic heterocycles. The van der Waals surface area contributed by atoms with Crippen LogP contribution in [0.15, 0.2) is 42.7 Å². The van der Waals surface area contributed by atoms with Crippen molar-refractivity contribution >= 4 is 11.6 Å².